The molecule has 0 radical (unpaired) electrons. The molecule has 0 saturated carbocycles. The number of hydrogen-bond donors (Lipinski definition) is 3. The maximum atomic E-state index is 12.3. The molecular formula is C20H24N2O3. The van der Waals surface area contributed by atoms with E-state index in [4.69, 9.17) is 4.74 Å². The van der Waals surface area contributed by atoms with Crippen molar-refractivity contribution >= 4 is 11.6 Å². The van der Waals surface area contributed by atoms with Gasteiger partial charge >= 0.3 is 0 Å². The standard InChI is InChI=1S/C20H24N2O3/c1-13(10-19(24)22-15-7-5-8-16(12-15)25-2)21-20-17-9-4-3-6-14(17)11-18(20)23/h3-9,12-13,18,20-21,23H,10-11H2,1-2H3,(H,22,24)/t13?,18-,20+/m0/s1. The van der Waals surface area contributed by atoms with Crippen LogP contribution in [0.15, 0.2) is 48.5 Å². The third-order valence-corrected chi connectivity index (χ3v) is 4.51. The zero-order valence-corrected chi connectivity index (χ0v) is 14.5. The largest absolute Gasteiger partial charge is 0.497 e. The van der Waals surface area contributed by atoms with Gasteiger partial charge in [-0.15, -0.1) is 0 Å². The van der Waals surface area contributed by atoms with Crippen molar-refractivity contribution in [3.8, 4) is 5.75 Å². The summed E-state index contributed by atoms with van der Waals surface area (Å²) in [5, 5.41) is 16.6. The predicted molar refractivity (Wildman–Crippen MR) is 97.7 cm³/mol. The van der Waals surface area contributed by atoms with Crippen molar-refractivity contribution in [2.45, 2.75) is 38.0 Å². The van der Waals surface area contributed by atoms with Crippen molar-refractivity contribution in [2.75, 3.05) is 12.4 Å². The van der Waals surface area contributed by atoms with Crippen LogP contribution in [-0.2, 0) is 11.2 Å². The fourth-order valence-electron chi connectivity index (χ4n) is 3.33. The van der Waals surface area contributed by atoms with E-state index in [9.17, 15) is 9.90 Å². The maximum absolute atomic E-state index is 12.3. The average molecular weight is 340 g/mol. The number of carbonyl (C=O) groups excluding carboxylic acids is 1. The molecule has 0 saturated heterocycles. The van der Waals surface area contributed by atoms with Gasteiger partial charge in [0, 0.05) is 30.6 Å². The Labute approximate surface area is 148 Å². The van der Waals surface area contributed by atoms with Crippen molar-refractivity contribution in [1.82, 2.24) is 5.32 Å². The summed E-state index contributed by atoms with van der Waals surface area (Å²) in [6, 6.07) is 15.1. The molecule has 5 heteroatoms. The Morgan fingerprint density at radius 2 is 2.08 bits per heavy atom. The van der Waals surface area contributed by atoms with E-state index in [1.165, 1.54) is 5.56 Å². The Hall–Kier alpha value is -2.37. The van der Waals surface area contributed by atoms with Gasteiger partial charge in [0.1, 0.15) is 5.75 Å². The predicted octanol–water partition coefficient (Wildman–Crippen LogP) is 2.66. The molecule has 3 N–H and O–H groups in total. The van der Waals surface area contributed by atoms with E-state index in [1.54, 1.807) is 13.2 Å². The Kier molecular flexibility index (Phi) is 5.36. The SMILES string of the molecule is COc1cccc(NC(=O)CC(C)N[C@@H]2c3ccccc3C[C@@H]2O)c1. The fourth-order valence-corrected chi connectivity index (χ4v) is 3.33. The second-order valence-corrected chi connectivity index (χ2v) is 6.50. The first kappa shape index (κ1) is 17.5. The van der Waals surface area contributed by atoms with Gasteiger partial charge in [-0.2, -0.15) is 0 Å². The normalized spacial score (nSPS) is 20.0. The van der Waals surface area contributed by atoms with Crippen LogP contribution in [0.2, 0.25) is 0 Å². The lowest BCUT2D eigenvalue weighted by molar-refractivity contribution is -0.116. The van der Waals surface area contributed by atoms with Gasteiger partial charge < -0.3 is 20.5 Å². The van der Waals surface area contributed by atoms with Crippen molar-refractivity contribution in [3.05, 3.63) is 59.7 Å². The zero-order valence-electron chi connectivity index (χ0n) is 14.5. The molecule has 5 nitrogen and oxygen atoms in total. The number of aliphatic hydroxyl groups excluding tert-OH is 1. The van der Waals surface area contributed by atoms with E-state index < -0.39 is 6.10 Å². The first-order valence-electron chi connectivity index (χ1n) is 8.52. The summed E-state index contributed by atoms with van der Waals surface area (Å²) in [5.74, 6) is 0.628. The van der Waals surface area contributed by atoms with E-state index in [2.05, 4.69) is 10.6 Å². The van der Waals surface area contributed by atoms with Gasteiger partial charge in [-0.3, -0.25) is 4.79 Å². The molecule has 1 unspecified atom stereocenters. The molecule has 0 heterocycles. The monoisotopic (exact) mass is 340 g/mol. The number of anilines is 1. The molecule has 1 aliphatic rings. The van der Waals surface area contributed by atoms with Crippen LogP contribution in [0.5, 0.6) is 5.75 Å². The summed E-state index contributed by atoms with van der Waals surface area (Å²) in [7, 11) is 1.59. The number of fused-ring (bicyclic) bond motifs is 1. The van der Waals surface area contributed by atoms with Gasteiger partial charge in [0.15, 0.2) is 0 Å². The topological polar surface area (TPSA) is 70.6 Å². The van der Waals surface area contributed by atoms with Crippen LogP contribution in [0.4, 0.5) is 5.69 Å². The molecule has 0 aliphatic heterocycles. The number of rotatable bonds is 6. The Morgan fingerprint density at radius 1 is 1.28 bits per heavy atom. The third-order valence-electron chi connectivity index (χ3n) is 4.51. The lowest BCUT2D eigenvalue weighted by Crippen LogP contribution is -2.37. The van der Waals surface area contributed by atoms with E-state index in [-0.39, 0.29) is 18.0 Å². The summed E-state index contributed by atoms with van der Waals surface area (Å²) in [5.41, 5.74) is 3.00. The van der Waals surface area contributed by atoms with Crippen LogP contribution < -0.4 is 15.4 Å². The molecule has 1 aliphatic carbocycles. The molecule has 132 valence electrons. The molecule has 3 atom stereocenters. The highest BCUT2D eigenvalue weighted by molar-refractivity contribution is 5.91. The van der Waals surface area contributed by atoms with E-state index in [0.29, 0.717) is 24.3 Å². The summed E-state index contributed by atoms with van der Waals surface area (Å²) in [6.45, 7) is 1.96. The molecule has 2 aromatic carbocycles. The highest BCUT2D eigenvalue weighted by Crippen LogP contribution is 2.31. The van der Waals surface area contributed by atoms with Gasteiger partial charge in [-0.1, -0.05) is 30.3 Å². The number of ether oxygens (including phenoxy) is 1. The Morgan fingerprint density at radius 3 is 2.88 bits per heavy atom. The quantitative estimate of drug-likeness (QED) is 0.756. The fraction of sp³-hybridized carbons (Fsp3) is 0.350. The number of benzene rings is 2. The summed E-state index contributed by atoms with van der Waals surface area (Å²) in [4.78, 5) is 12.3. The van der Waals surface area contributed by atoms with Crippen LogP contribution in [-0.4, -0.2) is 30.3 Å². The van der Waals surface area contributed by atoms with Gasteiger partial charge in [0.05, 0.1) is 19.3 Å². The van der Waals surface area contributed by atoms with Crippen LogP contribution in [0, 0.1) is 0 Å². The van der Waals surface area contributed by atoms with Crippen molar-refractivity contribution < 1.29 is 14.6 Å². The summed E-state index contributed by atoms with van der Waals surface area (Å²) < 4.78 is 5.16. The van der Waals surface area contributed by atoms with Gasteiger partial charge in [-0.25, -0.2) is 0 Å². The Balaban J connectivity index is 1.57. The molecule has 25 heavy (non-hydrogen) atoms. The van der Waals surface area contributed by atoms with Crippen molar-refractivity contribution in [3.63, 3.8) is 0 Å². The second kappa shape index (κ2) is 7.68. The molecule has 0 spiro atoms. The van der Waals surface area contributed by atoms with Crippen LogP contribution in [0.25, 0.3) is 0 Å². The number of nitrogens with one attached hydrogen (secondary N) is 2. The van der Waals surface area contributed by atoms with Crippen LogP contribution >= 0.6 is 0 Å². The molecule has 0 aromatic heterocycles. The van der Waals surface area contributed by atoms with Gasteiger partial charge in [0.25, 0.3) is 0 Å². The second-order valence-electron chi connectivity index (χ2n) is 6.50. The third kappa shape index (κ3) is 4.18. The summed E-state index contributed by atoms with van der Waals surface area (Å²) in [6.07, 6.45) is 0.514. The molecule has 2 aromatic rings. The average Bonchev–Trinajstić information content (AvgIpc) is 2.90. The molecular weight excluding hydrogens is 316 g/mol. The lowest BCUT2D eigenvalue weighted by Gasteiger charge is -2.23. The van der Waals surface area contributed by atoms with E-state index >= 15 is 0 Å². The number of amides is 1. The number of hydrogen-bond acceptors (Lipinski definition) is 4. The zero-order chi connectivity index (χ0) is 17.8. The summed E-state index contributed by atoms with van der Waals surface area (Å²) >= 11 is 0. The van der Waals surface area contributed by atoms with Crippen molar-refractivity contribution in [1.29, 1.82) is 0 Å². The van der Waals surface area contributed by atoms with E-state index in [1.807, 2.05) is 49.4 Å². The number of methoxy groups -OCH3 is 1. The molecule has 1 amide bonds. The van der Waals surface area contributed by atoms with E-state index in [0.717, 1.165) is 5.56 Å². The Bertz CT molecular complexity index is 747. The minimum Gasteiger partial charge on any atom is -0.497 e. The lowest BCUT2D eigenvalue weighted by atomic mass is 10.1. The molecule has 0 bridgehead atoms. The highest BCUT2D eigenvalue weighted by atomic mass is 16.5. The highest BCUT2D eigenvalue weighted by Gasteiger charge is 2.31. The number of carbonyl (C=O) groups is 1. The van der Waals surface area contributed by atoms with Gasteiger partial charge in [-0.05, 0) is 30.2 Å². The smallest absolute Gasteiger partial charge is 0.225 e. The minimum atomic E-state index is -0.457. The van der Waals surface area contributed by atoms with Crippen molar-refractivity contribution in [2.24, 2.45) is 0 Å². The number of aliphatic hydroxyl groups is 1. The molecule has 3 rings (SSSR count). The minimum absolute atomic E-state index is 0.0589. The van der Waals surface area contributed by atoms with Crippen LogP contribution in [0.3, 0.4) is 0 Å². The first-order valence-corrected chi connectivity index (χ1v) is 8.52. The molecule has 0 fully saturated rings. The first-order chi connectivity index (χ1) is 12.1. The van der Waals surface area contributed by atoms with Gasteiger partial charge in [0.2, 0.25) is 5.91 Å². The van der Waals surface area contributed by atoms with Crippen LogP contribution in [0.1, 0.15) is 30.5 Å². The maximum Gasteiger partial charge on any atom is 0.225 e.